The van der Waals surface area contributed by atoms with E-state index < -0.39 is 11.0 Å². The van der Waals surface area contributed by atoms with E-state index in [1.54, 1.807) is 5.48 Å². The number of nitro benzene ring substituents is 1. The van der Waals surface area contributed by atoms with E-state index in [-0.39, 0.29) is 29.4 Å². The zero-order chi connectivity index (χ0) is 14.4. The molecule has 0 radical (unpaired) electrons. The fourth-order valence-corrected chi connectivity index (χ4v) is 1.37. The maximum Gasteiger partial charge on any atom is 0.428 e. The Hall–Kier alpha value is -2.55. The van der Waals surface area contributed by atoms with Gasteiger partial charge in [0.05, 0.1) is 30.8 Å². The van der Waals surface area contributed by atoms with Crippen molar-refractivity contribution in [1.29, 1.82) is 0 Å². The van der Waals surface area contributed by atoms with E-state index in [1.165, 1.54) is 26.4 Å². The first-order valence-corrected chi connectivity index (χ1v) is 4.99. The van der Waals surface area contributed by atoms with Crippen molar-refractivity contribution in [1.82, 2.24) is 5.48 Å². The number of benzene rings is 1. The third-order valence-electron chi connectivity index (χ3n) is 2.17. The summed E-state index contributed by atoms with van der Waals surface area (Å²) in [6.45, 7) is -0.317. The molecule has 0 spiro atoms. The summed E-state index contributed by atoms with van der Waals surface area (Å²) in [5.74, 6) is 0.478. The molecule has 0 aromatic heterocycles. The summed E-state index contributed by atoms with van der Waals surface area (Å²) in [6, 6.07) is 2.53. The van der Waals surface area contributed by atoms with Crippen LogP contribution in [0.25, 0.3) is 0 Å². The lowest BCUT2D eigenvalue weighted by molar-refractivity contribution is -0.386. The van der Waals surface area contributed by atoms with E-state index in [1.807, 2.05) is 0 Å². The van der Waals surface area contributed by atoms with E-state index in [2.05, 4.69) is 4.84 Å². The van der Waals surface area contributed by atoms with Gasteiger partial charge in [0.1, 0.15) is 6.61 Å². The van der Waals surface area contributed by atoms with Crippen LogP contribution in [-0.2, 0) is 11.4 Å². The van der Waals surface area contributed by atoms with Crippen LogP contribution in [0.2, 0.25) is 0 Å². The average molecular weight is 272 g/mol. The Morgan fingerprint density at radius 1 is 1.37 bits per heavy atom. The van der Waals surface area contributed by atoms with Crippen molar-refractivity contribution >= 4 is 11.8 Å². The lowest BCUT2D eigenvalue weighted by atomic mass is 10.1. The van der Waals surface area contributed by atoms with Gasteiger partial charge < -0.3 is 14.6 Å². The number of hydroxylamine groups is 1. The van der Waals surface area contributed by atoms with Crippen molar-refractivity contribution in [3.63, 3.8) is 0 Å². The van der Waals surface area contributed by atoms with E-state index >= 15 is 0 Å². The normalized spacial score (nSPS) is 9.79. The average Bonchev–Trinajstić information content (AvgIpc) is 2.37. The molecule has 104 valence electrons. The number of rotatable bonds is 6. The number of ether oxygens (including phenoxy) is 2. The molecule has 0 bridgehead atoms. The van der Waals surface area contributed by atoms with E-state index in [4.69, 9.17) is 14.6 Å². The summed E-state index contributed by atoms with van der Waals surface area (Å²) in [7, 11) is 2.73. The van der Waals surface area contributed by atoms with Crippen LogP contribution in [0.15, 0.2) is 12.1 Å². The van der Waals surface area contributed by atoms with Crippen LogP contribution in [0.3, 0.4) is 0 Å². The van der Waals surface area contributed by atoms with Crippen molar-refractivity contribution in [2.45, 2.75) is 6.61 Å². The topological polar surface area (TPSA) is 120 Å². The highest BCUT2D eigenvalue weighted by molar-refractivity contribution is 5.62. The highest BCUT2D eigenvalue weighted by Crippen LogP contribution is 2.34. The number of hydrogen-bond acceptors (Lipinski definition) is 6. The highest BCUT2D eigenvalue weighted by atomic mass is 16.7. The molecular weight excluding hydrogens is 260 g/mol. The third kappa shape index (κ3) is 3.71. The molecule has 0 aliphatic heterocycles. The Morgan fingerprint density at radius 3 is 2.42 bits per heavy atom. The van der Waals surface area contributed by atoms with Crippen LogP contribution in [-0.4, -0.2) is 30.3 Å². The molecule has 0 atom stereocenters. The Bertz CT molecular complexity index is 489. The molecule has 0 aliphatic rings. The molecule has 1 aromatic carbocycles. The van der Waals surface area contributed by atoms with Gasteiger partial charge >= 0.3 is 6.09 Å². The van der Waals surface area contributed by atoms with Crippen LogP contribution in [0, 0.1) is 10.1 Å². The fourth-order valence-electron chi connectivity index (χ4n) is 1.37. The summed E-state index contributed by atoms with van der Waals surface area (Å²) >= 11 is 0. The van der Waals surface area contributed by atoms with Gasteiger partial charge in [0.2, 0.25) is 0 Å². The first kappa shape index (κ1) is 14.5. The van der Waals surface area contributed by atoms with Crippen molar-refractivity contribution in [2.75, 3.05) is 14.2 Å². The number of nitrogens with zero attached hydrogens (tertiary/aromatic N) is 1. The van der Waals surface area contributed by atoms with Crippen molar-refractivity contribution in [3.05, 3.63) is 27.8 Å². The SMILES string of the molecule is COc1cc(CONC(=O)O)c([N+](=O)[O-])cc1OC. The fraction of sp³-hybridized carbons (Fsp3) is 0.300. The van der Waals surface area contributed by atoms with Gasteiger partial charge in [-0.25, -0.2) is 4.79 Å². The summed E-state index contributed by atoms with van der Waals surface area (Å²) in [5.41, 5.74) is 1.54. The van der Waals surface area contributed by atoms with Crippen LogP contribution < -0.4 is 15.0 Å². The van der Waals surface area contributed by atoms with Crippen LogP contribution in [0.5, 0.6) is 11.5 Å². The number of carbonyl (C=O) groups is 1. The molecule has 0 unspecified atom stereocenters. The Labute approximate surface area is 107 Å². The van der Waals surface area contributed by atoms with Gasteiger partial charge in [-0.15, -0.1) is 0 Å². The van der Waals surface area contributed by atoms with E-state index in [0.717, 1.165) is 0 Å². The van der Waals surface area contributed by atoms with Gasteiger partial charge in [0.15, 0.2) is 11.5 Å². The predicted octanol–water partition coefficient (Wildman–Crippen LogP) is 1.31. The number of amides is 1. The molecule has 0 heterocycles. The van der Waals surface area contributed by atoms with Crippen molar-refractivity contribution in [2.24, 2.45) is 0 Å². The molecule has 0 saturated carbocycles. The second kappa shape index (κ2) is 6.40. The largest absolute Gasteiger partial charge is 0.493 e. The number of carboxylic acid groups (broad SMARTS) is 1. The molecule has 1 amide bonds. The van der Waals surface area contributed by atoms with E-state index in [9.17, 15) is 14.9 Å². The van der Waals surface area contributed by atoms with Gasteiger partial charge in [0.25, 0.3) is 5.69 Å². The smallest absolute Gasteiger partial charge is 0.428 e. The first-order chi connectivity index (χ1) is 8.99. The maximum atomic E-state index is 10.9. The second-order valence-electron chi connectivity index (χ2n) is 3.29. The van der Waals surface area contributed by atoms with Crippen molar-refractivity contribution < 1.29 is 29.1 Å². The van der Waals surface area contributed by atoms with E-state index in [0.29, 0.717) is 0 Å². The minimum atomic E-state index is -1.40. The molecule has 19 heavy (non-hydrogen) atoms. The van der Waals surface area contributed by atoms with Gasteiger partial charge in [0, 0.05) is 0 Å². The Morgan fingerprint density at radius 2 is 1.95 bits per heavy atom. The van der Waals surface area contributed by atoms with Crippen LogP contribution in [0.4, 0.5) is 10.5 Å². The molecule has 9 nitrogen and oxygen atoms in total. The zero-order valence-electron chi connectivity index (χ0n) is 10.2. The zero-order valence-corrected chi connectivity index (χ0v) is 10.2. The lowest BCUT2D eigenvalue weighted by Gasteiger charge is -2.10. The standard InChI is InChI=1S/C10H12N2O7/c1-17-8-3-6(5-19-11-10(13)14)7(12(15)16)4-9(8)18-2/h3-4,11H,5H2,1-2H3,(H,13,14). The van der Waals surface area contributed by atoms with Crippen molar-refractivity contribution in [3.8, 4) is 11.5 Å². The first-order valence-electron chi connectivity index (χ1n) is 4.99. The summed E-state index contributed by atoms with van der Waals surface area (Å²) < 4.78 is 9.94. The molecular formula is C10H12N2O7. The predicted molar refractivity (Wildman–Crippen MR) is 62.1 cm³/mol. The molecule has 0 aliphatic carbocycles. The lowest BCUT2D eigenvalue weighted by Crippen LogP contribution is -2.21. The van der Waals surface area contributed by atoms with Gasteiger partial charge in [-0.3, -0.25) is 15.0 Å². The van der Waals surface area contributed by atoms with Gasteiger partial charge in [-0.2, -0.15) is 5.48 Å². The van der Waals surface area contributed by atoms with Gasteiger partial charge in [-0.05, 0) is 6.07 Å². The maximum absolute atomic E-state index is 10.9. The summed E-state index contributed by atoms with van der Waals surface area (Å²) in [5, 5.41) is 19.2. The number of nitrogens with one attached hydrogen (secondary N) is 1. The highest BCUT2D eigenvalue weighted by Gasteiger charge is 2.19. The summed E-state index contributed by atoms with van der Waals surface area (Å²) in [4.78, 5) is 25.1. The molecule has 0 saturated heterocycles. The van der Waals surface area contributed by atoms with Crippen LogP contribution in [0.1, 0.15) is 5.56 Å². The molecule has 2 N–H and O–H groups in total. The summed E-state index contributed by atoms with van der Waals surface area (Å²) in [6.07, 6.45) is -1.40. The number of hydrogen-bond donors (Lipinski definition) is 2. The quantitative estimate of drug-likeness (QED) is 0.591. The minimum Gasteiger partial charge on any atom is -0.493 e. The monoisotopic (exact) mass is 272 g/mol. The Kier molecular flexibility index (Phi) is 4.89. The Balaban J connectivity index is 3.05. The van der Waals surface area contributed by atoms with Crippen LogP contribution >= 0.6 is 0 Å². The molecule has 0 fully saturated rings. The second-order valence-corrected chi connectivity index (χ2v) is 3.29. The number of nitro groups is 1. The number of methoxy groups -OCH3 is 2. The van der Waals surface area contributed by atoms with Gasteiger partial charge in [-0.1, -0.05) is 0 Å². The molecule has 1 aromatic rings. The molecule has 1 rings (SSSR count). The molecule has 9 heteroatoms. The minimum absolute atomic E-state index is 0.149. The third-order valence-corrected chi connectivity index (χ3v) is 2.17.